The average Bonchev–Trinajstić information content (AvgIpc) is 3.05. The third-order valence-corrected chi connectivity index (χ3v) is 4.19. The van der Waals surface area contributed by atoms with Crippen LogP contribution in [0.15, 0.2) is 24.4 Å². The van der Waals surface area contributed by atoms with Gasteiger partial charge in [-0.2, -0.15) is 5.10 Å². The number of aryl methyl sites for hydroxylation is 1. The minimum absolute atomic E-state index is 0.582. The van der Waals surface area contributed by atoms with E-state index in [9.17, 15) is 0 Å². The molecule has 4 heterocycles. The van der Waals surface area contributed by atoms with Crippen LogP contribution in [0, 0.1) is 6.92 Å². The Hall–Kier alpha value is -2.67. The molecule has 3 aromatic rings. The van der Waals surface area contributed by atoms with Crippen LogP contribution in [-0.4, -0.2) is 53.6 Å². The number of ether oxygens (including phenoxy) is 2. The molecule has 7 nitrogen and oxygen atoms in total. The van der Waals surface area contributed by atoms with E-state index >= 15 is 0 Å². The number of rotatable bonds is 3. The van der Waals surface area contributed by atoms with E-state index in [1.165, 1.54) is 0 Å². The Morgan fingerprint density at radius 2 is 2.08 bits per heavy atom. The van der Waals surface area contributed by atoms with E-state index in [1.807, 2.05) is 25.3 Å². The largest absolute Gasteiger partial charge is 0.480 e. The summed E-state index contributed by atoms with van der Waals surface area (Å²) >= 11 is 0. The Morgan fingerprint density at radius 3 is 2.88 bits per heavy atom. The third kappa shape index (κ3) is 2.56. The highest BCUT2D eigenvalue weighted by atomic mass is 16.5. The van der Waals surface area contributed by atoms with Gasteiger partial charge in [-0.05, 0) is 25.1 Å². The number of hydrogen-bond acceptors (Lipinski definition) is 6. The first-order chi connectivity index (χ1) is 11.8. The lowest BCUT2D eigenvalue weighted by molar-refractivity contribution is 0.122. The lowest BCUT2D eigenvalue weighted by Crippen LogP contribution is -2.36. The molecule has 0 saturated carbocycles. The van der Waals surface area contributed by atoms with Crippen LogP contribution in [0.25, 0.3) is 22.2 Å². The van der Waals surface area contributed by atoms with Gasteiger partial charge in [0.1, 0.15) is 11.5 Å². The highest BCUT2D eigenvalue weighted by molar-refractivity contribution is 5.97. The number of hydrogen-bond donors (Lipinski definition) is 1. The van der Waals surface area contributed by atoms with Crippen LogP contribution in [0.2, 0.25) is 0 Å². The predicted molar refractivity (Wildman–Crippen MR) is 91.4 cm³/mol. The molecule has 1 N–H and O–H groups in total. The van der Waals surface area contributed by atoms with Crippen molar-refractivity contribution in [2.24, 2.45) is 0 Å². The summed E-state index contributed by atoms with van der Waals surface area (Å²) in [6.45, 7) is 5.09. The number of anilines is 1. The topological polar surface area (TPSA) is 76.2 Å². The lowest BCUT2D eigenvalue weighted by atomic mass is 10.1. The predicted octanol–water partition coefficient (Wildman–Crippen LogP) is 2.17. The van der Waals surface area contributed by atoms with E-state index in [1.54, 1.807) is 7.11 Å². The van der Waals surface area contributed by atoms with Crippen LogP contribution in [0.1, 0.15) is 5.69 Å². The second-order valence-electron chi connectivity index (χ2n) is 5.77. The van der Waals surface area contributed by atoms with E-state index in [2.05, 4.69) is 31.1 Å². The van der Waals surface area contributed by atoms with Crippen molar-refractivity contribution in [3.8, 4) is 17.1 Å². The smallest absolute Gasteiger partial charge is 0.225 e. The molecule has 1 aliphatic heterocycles. The Balaban J connectivity index is 1.80. The second-order valence-corrected chi connectivity index (χ2v) is 5.77. The van der Waals surface area contributed by atoms with Gasteiger partial charge in [-0.1, -0.05) is 0 Å². The van der Waals surface area contributed by atoms with Crippen molar-refractivity contribution in [3.05, 3.63) is 30.1 Å². The molecule has 0 atom stereocenters. The molecule has 1 aliphatic rings. The molecule has 1 fully saturated rings. The molecule has 0 spiro atoms. The van der Waals surface area contributed by atoms with Crippen LogP contribution < -0.4 is 9.64 Å². The Kier molecular flexibility index (Phi) is 3.78. The molecular weight excluding hydrogens is 306 g/mol. The summed E-state index contributed by atoms with van der Waals surface area (Å²) in [4.78, 5) is 11.2. The molecular formula is C17H19N5O2. The van der Waals surface area contributed by atoms with E-state index in [4.69, 9.17) is 9.47 Å². The van der Waals surface area contributed by atoms with E-state index in [0.29, 0.717) is 5.88 Å². The van der Waals surface area contributed by atoms with Gasteiger partial charge < -0.3 is 14.4 Å². The third-order valence-electron chi connectivity index (χ3n) is 4.19. The van der Waals surface area contributed by atoms with E-state index in [0.717, 1.165) is 60.0 Å². The van der Waals surface area contributed by atoms with Crippen molar-refractivity contribution in [2.45, 2.75) is 6.92 Å². The van der Waals surface area contributed by atoms with Gasteiger partial charge in [0, 0.05) is 30.5 Å². The Labute approximate surface area is 139 Å². The maximum absolute atomic E-state index is 5.46. The van der Waals surface area contributed by atoms with Crippen molar-refractivity contribution in [3.63, 3.8) is 0 Å². The zero-order valence-electron chi connectivity index (χ0n) is 13.7. The summed E-state index contributed by atoms with van der Waals surface area (Å²) < 4.78 is 10.9. The van der Waals surface area contributed by atoms with Crippen molar-refractivity contribution >= 4 is 16.7 Å². The maximum Gasteiger partial charge on any atom is 0.225 e. The van der Waals surface area contributed by atoms with Crippen LogP contribution in [-0.2, 0) is 4.74 Å². The molecule has 0 bridgehead atoms. The lowest BCUT2D eigenvalue weighted by Gasteiger charge is -2.27. The van der Waals surface area contributed by atoms with Gasteiger partial charge in [-0.3, -0.25) is 5.10 Å². The summed E-state index contributed by atoms with van der Waals surface area (Å²) in [5.41, 5.74) is 3.62. The van der Waals surface area contributed by atoms with Crippen molar-refractivity contribution < 1.29 is 9.47 Å². The standard InChI is InChI=1S/C17H19N5O2/c1-11-9-13-15(17(19-11)23-2)16(21-20-13)12-3-4-18-14(10-12)22-5-7-24-8-6-22/h3-4,9-10H,5-8H2,1-2H3,(H,20,21). The SMILES string of the molecule is COc1nc(C)cc2[nH]nc(-c3ccnc(N4CCOCC4)c3)c12. The van der Waals surface area contributed by atoms with Crippen molar-refractivity contribution in [2.75, 3.05) is 38.3 Å². The molecule has 0 amide bonds. The fraction of sp³-hybridized carbons (Fsp3) is 0.353. The number of aromatic amines is 1. The molecule has 4 rings (SSSR count). The van der Waals surface area contributed by atoms with E-state index in [-0.39, 0.29) is 0 Å². The molecule has 7 heteroatoms. The molecule has 0 aliphatic carbocycles. The first kappa shape index (κ1) is 14.9. The normalized spacial score (nSPS) is 15.0. The molecule has 124 valence electrons. The zero-order valence-corrected chi connectivity index (χ0v) is 13.7. The fourth-order valence-electron chi connectivity index (χ4n) is 3.02. The van der Waals surface area contributed by atoms with Gasteiger partial charge in [-0.15, -0.1) is 0 Å². The number of H-pyrrole nitrogens is 1. The Bertz CT molecular complexity index is 871. The highest BCUT2D eigenvalue weighted by Gasteiger charge is 2.17. The van der Waals surface area contributed by atoms with Gasteiger partial charge in [0.2, 0.25) is 5.88 Å². The van der Waals surface area contributed by atoms with Gasteiger partial charge in [0.15, 0.2) is 0 Å². The second kappa shape index (κ2) is 6.09. The van der Waals surface area contributed by atoms with Crippen LogP contribution in [0.5, 0.6) is 5.88 Å². The van der Waals surface area contributed by atoms with Crippen LogP contribution in [0.3, 0.4) is 0 Å². The van der Waals surface area contributed by atoms with Crippen LogP contribution >= 0.6 is 0 Å². The fourth-order valence-corrected chi connectivity index (χ4v) is 3.02. The van der Waals surface area contributed by atoms with Crippen molar-refractivity contribution in [1.82, 2.24) is 20.2 Å². The average molecular weight is 325 g/mol. The van der Waals surface area contributed by atoms with Gasteiger partial charge in [-0.25, -0.2) is 9.97 Å². The highest BCUT2D eigenvalue weighted by Crippen LogP contribution is 2.33. The monoisotopic (exact) mass is 325 g/mol. The Morgan fingerprint density at radius 1 is 1.25 bits per heavy atom. The first-order valence-electron chi connectivity index (χ1n) is 7.95. The van der Waals surface area contributed by atoms with E-state index < -0.39 is 0 Å². The molecule has 0 radical (unpaired) electrons. The molecule has 24 heavy (non-hydrogen) atoms. The first-order valence-corrected chi connectivity index (χ1v) is 7.95. The summed E-state index contributed by atoms with van der Waals surface area (Å²) in [5, 5.41) is 8.45. The molecule has 0 aromatic carbocycles. The molecule has 0 unspecified atom stereocenters. The zero-order chi connectivity index (χ0) is 16.5. The molecule has 3 aromatic heterocycles. The number of nitrogens with one attached hydrogen (secondary N) is 1. The van der Waals surface area contributed by atoms with Gasteiger partial charge >= 0.3 is 0 Å². The van der Waals surface area contributed by atoms with Crippen LogP contribution in [0.4, 0.5) is 5.82 Å². The maximum atomic E-state index is 5.46. The number of pyridine rings is 2. The molecule has 1 saturated heterocycles. The minimum Gasteiger partial charge on any atom is -0.480 e. The van der Waals surface area contributed by atoms with Gasteiger partial charge in [0.25, 0.3) is 0 Å². The summed E-state index contributed by atoms with van der Waals surface area (Å²) in [6, 6.07) is 5.98. The number of fused-ring (bicyclic) bond motifs is 1. The number of methoxy groups -OCH3 is 1. The number of nitrogens with zero attached hydrogens (tertiary/aromatic N) is 4. The van der Waals surface area contributed by atoms with Gasteiger partial charge in [0.05, 0.1) is 31.2 Å². The number of morpholine rings is 1. The summed E-state index contributed by atoms with van der Waals surface area (Å²) in [5.74, 6) is 1.52. The quantitative estimate of drug-likeness (QED) is 0.795. The number of aromatic nitrogens is 4. The summed E-state index contributed by atoms with van der Waals surface area (Å²) in [7, 11) is 1.63. The summed E-state index contributed by atoms with van der Waals surface area (Å²) in [6.07, 6.45) is 1.81. The minimum atomic E-state index is 0.582. The van der Waals surface area contributed by atoms with Crippen molar-refractivity contribution in [1.29, 1.82) is 0 Å².